The van der Waals surface area contributed by atoms with E-state index in [1.807, 2.05) is 84.6 Å². The molecule has 0 bridgehead atoms. The number of hydrogen-bond acceptors (Lipinski definition) is 4. The van der Waals surface area contributed by atoms with Crippen molar-refractivity contribution in [2.45, 2.75) is 45.6 Å². The van der Waals surface area contributed by atoms with Gasteiger partial charge in [-0.1, -0.05) is 67.9 Å². The number of ether oxygens (including phenoxy) is 1. The van der Waals surface area contributed by atoms with E-state index < -0.39 is 6.04 Å². The highest BCUT2D eigenvalue weighted by atomic mass is 16.5. The van der Waals surface area contributed by atoms with Crippen LogP contribution in [0.25, 0.3) is 16.6 Å². The first-order valence-electron chi connectivity index (χ1n) is 12.5. The van der Waals surface area contributed by atoms with Gasteiger partial charge in [0.1, 0.15) is 11.6 Å². The van der Waals surface area contributed by atoms with E-state index in [2.05, 4.69) is 6.92 Å². The number of hydrogen-bond donors (Lipinski definition) is 0. The lowest BCUT2D eigenvalue weighted by molar-refractivity contribution is -0.133. The zero-order valence-electron chi connectivity index (χ0n) is 21.2. The normalized spacial score (nSPS) is 11.9. The molecule has 3 aromatic carbocycles. The van der Waals surface area contributed by atoms with Crippen LogP contribution in [-0.4, -0.2) is 34.0 Å². The lowest BCUT2D eigenvalue weighted by Gasteiger charge is -2.31. The molecule has 6 heteroatoms. The van der Waals surface area contributed by atoms with Crippen LogP contribution in [0.1, 0.15) is 50.5 Å². The van der Waals surface area contributed by atoms with Gasteiger partial charge < -0.3 is 9.64 Å². The first-order valence-corrected chi connectivity index (χ1v) is 12.5. The lowest BCUT2D eigenvalue weighted by atomic mass is 10.1. The van der Waals surface area contributed by atoms with Crippen LogP contribution in [0, 0.1) is 0 Å². The first kappa shape index (κ1) is 25.2. The van der Waals surface area contributed by atoms with Crippen molar-refractivity contribution in [1.29, 1.82) is 0 Å². The van der Waals surface area contributed by atoms with Crippen molar-refractivity contribution < 1.29 is 9.53 Å². The Morgan fingerprint density at radius 3 is 2.44 bits per heavy atom. The third-order valence-electron chi connectivity index (χ3n) is 6.51. The summed E-state index contributed by atoms with van der Waals surface area (Å²) >= 11 is 0. The molecule has 0 aliphatic carbocycles. The van der Waals surface area contributed by atoms with Gasteiger partial charge >= 0.3 is 0 Å². The summed E-state index contributed by atoms with van der Waals surface area (Å²) in [6.07, 6.45) is 2.89. The summed E-state index contributed by atoms with van der Waals surface area (Å²) in [6, 6.07) is 24.4. The Balaban J connectivity index is 1.80. The molecule has 4 rings (SSSR count). The maximum Gasteiger partial charge on any atom is 0.266 e. The van der Waals surface area contributed by atoms with Crippen LogP contribution in [0.4, 0.5) is 0 Å². The number of unbranched alkanes of at least 4 members (excludes halogenated alkanes) is 1. The molecular weight excluding hydrogens is 450 g/mol. The Morgan fingerprint density at radius 1 is 1.00 bits per heavy atom. The highest BCUT2D eigenvalue weighted by Crippen LogP contribution is 2.28. The molecule has 0 fully saturated rings. The minimum Gasteiger partial charge on any atom is -0.495 e. The Kier molecular flexibility index (Phi) is 8.16. The maximum absolute atomic E-state index is 13.8. The quantitative estimate of drug-likeness (QED) is 0.290. The SMILES string of the molecule is CCCCN(C(=O)CCc1ccccc1)C(C)c1nc2ccccc2c(=O)n1-c1ccccc1OC. The van der Waals surface area contributed by atoms with E-state index in [9.17, 15) is 9.59 Å². The van der Waals surface area contributed by atoms with Crippen molar-refractivity contribution >= 4 is 16.8 Å². The number of methoxy groups -OCH3 is 1. The largest absolute Gasteiger partial charge is 0.495 e. The number of nitrogens with zero attached hydrogens (tertiary/aromatic N) is 3. The fourth-order valence-corrected chi connectivity index (χ4v) is 4.52. The number of benzene rings is 3. The third-order valence-corrected chi connectivity index (χ3v) is 6.51. The second kappa shape index (κ2) is 11.7. The van der Waals surface area contributed by atoms with Gasteiger partial charge in [-0.15, -0.1) is 0 Å². The highest BCUT2D eigenvalue weighted by molar-refractivity contribution is 5.79. The van der Waals surface area contributed by atoms with Gasteiger partial charge in [-0.3, -0.25) is 14.2 Å². The van der Waals surface area contributed by atoms with E-state index in [1.165, 1.54) is 0 Å². The Morgan fingerprint density at radius 2 is 1.69 bits per heavy atom. The monoisotopic (exact) mass is 483 g/mol. The molecule has 0 radical (unpaired) electrons. The highest BCUT2D eigenvalue weighted by Gasteiger charge is 2.27. The zero-order valence-corrected chi connectivity index (χ0v) is 21.2. The van der Waals surface area contributed by atoms with Gasteiger partial charge in [-0.2, -0.15) is 0 Å². The summed E-state index contributed by atoms with van der Waals surface area (Å²) in [4.78, 5) is 34.1. The van der Waals surface area contributed by atoms with Crippen molar-refractivity contribution in [1.82, 2.24) is 14.5 Å². The molecule has 0 aliphatic heterocycles. The van der Waals surface area contributed by atoms with Crippen LogP contribution in [0.5, 0.6) is 5.75 Å². The molecule has 1 unspecified atom stereocenters. The number of rotatable bonds is 10. The van der Waals surface area contributed by atoms with Gasteiger partial charge in [0.2, 0.25) is 5.91 Å². The van der Waals surface area contributed by atoms with E-state index in [0.29, 0.717) is 47.6 Å². The summed E-state index contributed by atoms with van der Waals surface area (Å²) in [5.41, 5.74) is 2.17. The van der Waals surface area contributed by atoms with Crippen molar-refractivity contribution in [3.05, 3.63) is 101 Å². The number of para-hydroxylation sites is 3. The molecule has 4 aromatic rings. The first-order chi connectivity index (χ1) is 17.5. The van der Waals surface area contributed by atoms with Gasteiger partial charge in [0.25, 0.3) is 5.56 Å². The van der Waals surface area contributed by atoms with E-state index in [-0.39, 0.29) is 11.5 Å². The molecule has 0 saturated heterocycles. The Bertz CT molecular complexity index is 1380. The molecular formula is C30H33N3O3. The number of carbonyl (C=O) groups excluding carboxylic acids is 1. The molecule has 1 heterocycles. The summed E-state index contributed by atoms with van der Waals surface area (Å²) in [6.45, 7) is 4.66. The molecule has 1 atom stereocenters. The van der Waals surface area contributed by atoms with Crippen LogP contribution in [-0.2, 0) is 11.2 Å². The lowest BCUT2D eigenvalue weighted by Crippen LogP contribution is -2.38. The number of fused-ring (bicyclic) bond motifs is 1. The van der Waals surface area contributed by atoms with Crippen LogP contribution in [0.2, 0.25) is 0 Å². The van der Waals surface area contributed by atoms with Gasteiger partial charge in [-0.25, -0.2) is 4.98 Å². The van der Waals surface area contributed by atoms with Gasteiger partial charge in [0.15, 0.2) is 0 Å². The number of carbonyl (C=O) groups is 1. The standard InChI is InChI=1S/C30H33N3O3/c1-4-5-21-32(28(34)20-19-23-13-7-6-8-14-23)22(2)29-31-25-16-10-9-15-24(25)30(35)33(29)26-17-11-12-18-27(26)36-3/h6-18,22H,4-5,19-21H2,1-3H3. The predicted molar refractivity (Wildman–Crippen MR) is 144 cm³/mol. The Hall–Kier alpha value is -3.93. The molecule has 36 heavy (non-hydrogen) atoms. The van der Waals surface area contributed by atoms with E-state index in [4.69, 9.17) is 9.72 Å². The average molecular weight is 484 g/mol. The molecule has 1 amide bonds. The topological polar surface area (TPSA) is 64.4 Å². The number of aromatic nitrogens is 2. The molecule has 0 spiro atoms. The summed E-state index contributed by atoms with van der Waals surface area (Å²) < 4.78 is 7.20. The van der Waals surface area contributed by atoms with Gasteiger partial charge in [0.05, 0.1) is 29.7 Å². The summed E-state index contributed by atoms with van der Waals surface area (Å²) in [7, 11) is 1.59. The van der Waals surface area contributed by atoms with Crippen LogP contribution < -0.4 is 10.3 Å². The van der Waals surface area contributed by atoms with Crippen molar-refractivity contribution in [2.75, 3.05) is 13.7 Å². The van der Waals surface area contributed by atoms with Crippen LogP contribution >= 0.6 is 0 Å². The summed E-state index contributed by atoms with van der Waals surface area (Å²) in [5, 5.41) is 0.523. The molecule has 186 valence electrons. The maximum atomic E-state index is 13.8. The summed E-state index contributed by atoms with van der Waals surface area (Å²) in [5.74, 6) is 1.14. The van der Waals surface area contributed by atoms with E-state index in [1.54, 1.807) is 17.7 Å². The molecule has 0 N–H and O–H groups in total. The van der Waals surface area contributed by atoms with Crippen molar-refractivity contribution in [3.63, 3.8) is 0 Å². The van der Waals surface area contributed by atoms with Crippen LogP contribution in [0.3, 0.4) is 0 Å². The smallest absolute Gasteiger partial charge is 0.266 e. The fraction of sp³-hybridized carbons (Fsp3) is 0.300. The van der Waals surface area contributed by atoms with Gasteiger partial charge in [-0.05, 0) is 49.6 Å². The zero-order chi connectivity index (χ0) is 25.5. The van der Waals surface area contributed by atoms with E-state index >= 15 is 0 Å². The van der Waals surface area contributed by atoms with E-state index in [0.717, 1.165) is 18.4 Å². The van der Waals surface area contributed by atoms with Crippen molar-refractivity contribution in [2.24, 2.45) is 0 Å². The third kappa shape index (κ3) is 5.33. The molecule has 1 aromatic heterocycles. The molecule has 0 aliphatic rings. The minimum absolute atomic E-state index is 0.0498. The van der Waals surface area contributed by atoms with Crippen molar-refractivity contribution in [3.8, 4) is 11.4 Å². The number of aryl methyl sites for hydroxylation is 1. The number of amides is 1. The minimum atomic E-state index is -0.415. The average Bonchev–Trinajstić information content (AvgIpc) is 2.92. The fourth-order valence-electron chi connectivity index (χ4n) is 4.52. The predicted octanol–water partition coefficient (Wildman–Crippen LogP) is 5.72. The molecule has 0 saturated carbocycles. The second-order valence-corrected chi connectivity index (χ2v) is 8.90. The van der Waals surface area contributed by atoms with Gasteiger partial charge in [0, 0.05) is 13.0 Å². The Labute approximate surface area is 212 Å². The second-order valence-electron chi connectivity index (χ2n) is 8.90. The molecule has 6 nitrogen and oxygen atoms in total. The van der Waals surface area contributed by atoms with Crippen LogP contribution in [0.15, 0.2) is 83.7 Å².